The molecule has 1 aromatic heterocycles. The molecule has 0 spiro atoms. The van der Waals surface area contributed by atoms with Gasteiger partial charge in [-0.05, 0) is 19.3 Å². The third-order valence-corrected chi connectivity index (χ3v) is 1.99. The first-order valence-corrected chi connectivity index (χ1v) is 3.94. The lowest BCUT2D eigenvalue weighted by Crippen LogP contribution is -1.82. The summed E-state index contributed by atoms with van der Waals surface area (Å²) in [6.45, 7) is 2.14. The number of aromatic nitrogens is 2. The van der Waals surface area contributed by atoms with Crippen LogP contribution in [0.1, 0.15) is 37.2 Å². The first-order valence-electron chi connectivity index (χ1n) is 3.94. The summed E-state index contributed by atoms with van der Waals surface area (Å²) < 4.78 is 0. The third-order valence-electron chi connectivity index (χ3n) is 1.99. The first kappa shape index (κ1) is 5.96. The van der Waals surface area contributed by atoms with Crippen molar-refractivity contribution in [2.24, 2.45) is 0 Å². The maximum absolute atomic E-state index is 4.29. The van der Waals surface area contributed by atoms with Crippen molar-refractivity contribution in [2.45, 2.75) is 32.1 Å². The molecule has 1 fully saturated rings. The van der Waals surface area contributed by atoms with Gasteiger partial charge in [0.25, 0.3) is 0 Å². The molecule has 1 aliphatic carbocycles. The fraction of sp³-hybridized carbons (Fsp3) is 0.625. The van der Waals surface area contributed by atoms with Crippen LogP contribution in [0.4, 0.5) is 0 Å². The van der Waals surface area contributed by atoms with Crippen LogP contribution >= 0.6 is 0 Å². The monoisotopic (exact) mass is 136 g/mol. The van der Waals surface area contributed by atoms with Crippen molar-refractivity contribution < 1.29 is 0 Å². The number of nitrogens with zero attached hydrogens (tertiary/aromatic N) is 1. The largest absolute Gasteiger partial charge is 0.346 e. The van der Waals surface area contributed by atoms with E-state index in [2.05, 4.69) is 16.9 Å². The normalized spacial score (nSPS) is 17.7. The van der Waals surface area contributed by atoms with Gasteiger partial charge in [0, 0.05) is 17.8 Å². The first-order chi connectivity index (χ1) is 4.90. The van der Waals surface area contributed by atoms with E-state index in [9.17, 15) is 0 Å². The maximum atomic E-state index is 4.29. The number of nitrogens with one attached hydrogen (secondary N) is 1. The van der Waals surface area contributed by atoms with Crippen LogP contribution in [0.15, 0.2) is 6.20 Å². The van der Waals surface area contributed by atoms with Crippen LogP contribution in [0.5, 0.6) is 0 Å². The molecule has 0 unspecified atom stereocenters. The molecule has 0 atom stereocenters. The number of hydrogen-bond acceptors (Lipinski definition) is 1. The molecule has 1 saturated carbocycles. The van der Waals surface area contributed by atoms with Gasteiger partial charge in [0.1, 0.15) is 5.82 Å². The Kier molecular flexibility index (Phi) is 1.26. The third kappa shape index (κ3) is 0.939. The van der Waals surface area contributed by atoms with E-state index in [0.717, 1.165) is 12.3 Å². The molecule has 1 heterocycles. The second-order valence-corrected chi connectivity index (χ2v) is 2.92. The van der Waals surface area contributed by atoms with Crippen molar-refractivity contribution in [2.75, 3.05) is 0 Å². The van der Waals surface area contributed by atoms with Crippen LogP contribution in [0.3, 0.4) is 0 Å². The highest BCUT2D eigenvalue weighted by atomic mass is 14.9. The van der Waals surface area contributed by atoms with Crippen LogP contribution < -0.4 is 0 Å². The molecular weight excluding hydrogens is 124 g/mol. The number of aryl methyl sites for hydroxylation is 1. The van der Waals surface area contributed by atoms with Crippen molar-refractivity contribution in [1.82, 2.24) is 9.97 Å². The smallest absolute Gasteiger partial charge is 0.109 e. The van der Waals surface area contributed by atoms with Crippen molar-refractivity contribution >= 4 is 0 Å². The molecule has 1 aromatic rings. The van der Waals surface area contributed by atoms with Gasteiger partial charge in [-0.1, -0.05) is 6.92 Å². The standard InChI is InChI=1S/C8H12N2/c1-2-7-5-9-8(10-7)6-3-4-6/h5-6H,2-4H2,1H3,(H,9,10). The van der Waals surface area contributed by atoms with E-state index in [4.69, 9.17) is 0 Å². The number of aromatic amines is 1. The van der Waals surface area contributed by atoms with Crippen molar-refractivity contribution in [3.05, 3.63) is 17.7 Å². The average molecular weight is 136 g/mol. The molecule has 1 N–H and O–H groups in total. The van der Waals surface area contributed by atoms with Gasteiger partial charge >= 0.3 is 0 Å². The van der Waals surface area contributed by atoms with Gasteiger partial charge in [0.15, 0.2) is 0 Å². The molecule has 0 radical (unpaired) electrons. The Morgan fingerprint density at radius 3 is 3.00 bits per heavy atom. The molecule has 0 aliphatic heterocycles. The molecule has 0 amide bonds. The summed E-state index contributed by atoms with van der Waals surface area (Å²) in [5.41, 5.74) is 1.27. The molecule has 0 bridgehead atoms. The lowest BCUT2D eigenvalue weighted by molar-refractivity contribution is 0.951. The van der Waals surface area contributed by atoms with Crippen LogP contribution in [0, 0.1) is 0 Å². The summed E-state index contributed by atoms with van der Waals surface area (Å²) in [4.78, 5) is 7.61. The summed E-state index contributed by atoms with van der Waals surface area (Å²) in [6, 6.07) is 0. The highest BCUT2D eigenvalue weighted by Gasteiger charge is 2.25. The molecule has 54 valence electrons. The highest BCUT2D eigenvalue weighted by Crippen LogP contribution is 2.37. The Balaban J connectivity index is 2.19. The maximum Gasteiger partial charge on any atom is 0.109 e. The quantitative estimate of drug-likeness (QED) is 0.660. The van der Waals surface area contributed by atoms with Gasteiger partial charge in [-0.25, -0.2) is 4.98 Å². The zero-order valence-electron chi connectivity index (χ0n) is 6.22. The second-order valence-electron chi connectivity index (χ2n) is 2.92. The Hall–Kier alpha value is -0.790. The fourth-order valence-corrected chi connectivity index (χ4v) is 1.12. The van der Waals surface area contributed by atoms with E-state index < -0.39 is 0 Å². The van der Waals surface area contributed by atoms with Crippen LogP contribution in [-0.2, 0) is 6.42 Å². The molecule has 2 heteroatoms. The minimum absolute atomic E-state index is 0.764. The lowest BCUT2D eigenvalue weighted by Gasteiger charge is -1.87. The molecule has 2 nitrogen and oxygen atoms in total. The highest BCUT2D eigenvalue weighted by molar-refractivity contribution is 5.09. The molecule has 2 rings (SSSR count). The van der Waals surface area contributed by atoms with Crippen LogP contribution in [0.2, 0.25) is 0 Å². The van der Waals surface area contributed by atoms with Crippen molar-refractivity contribution in [3.63, 3.8) is 0 Å². The zero-order chi connectivity index (χ0) is 6.97. The number of rotatable bonds is 2. The summed E-state index contributed by atoms with van der Waals surface area (Å²) in [6.07, 6.45) is 5.68. The average Bonchev–Trinajstić information content (AvgIpc) is 2.70. The molecule has 1 aliphatic rings. The van der Waals surface area contributed by atoms with Crippen molar-refractivity contribution in [3.8, 4) is 0 Å². The Morgan fingerprint density at radius 1 is 1.70 bits per heavy atom. The summed E-state index contributed by atoms with van der Waals surface area (Å²) >= 11 is 0. The van der Waals surface area contributed by atoms with E-state index in [1.165, 1.54) is 24.4 Å². The van der Waals surface area contributed by atoms with Gasteiger partial charge < -0.3 is 4.98 Å². The predicted molar refractivity (Wildman–Crippen MR) is 39.9 cm³/mol. The van der Waals surface area contributed by atoms with Crippen molar-refractivity contribution in [1.29, 1.82) is 0 Å². The summed E-state index contributed by atoms with van der Waals surface area (Å²) in [5, 5.41) is 0. The predicted octanol–water partition coefficient (Wildman–Crippen LogP) is 1.85. The van der Waals surface area contributed by atoms with E-state index in [1.54, 1.807) is 0 Å². The molecular formula is C8H12N2. The summed E-state index contributed by atoms with van der Waals surface area (Å²) in [7, 11) is 0. The molecule has 10 heavy (non-hydrogen) atoms. The SMILES string of the molecule is CCc1cnc(C2CC2)[nH]1. The van der Waals surface area contributed by atoms with E-state index >= 15 is 0 Å². The molecule has 0 saturated heterocycles. The van der Waals surface area contributed by atoms with Gasteiger partial charge in [0.2, 0.25) is 0 Å². The fourth-order valence-electron chi connectivity index (χ4n) is 1.12. The van der Waals surface area contributed by atoms with E-state index in [1.807, 2.05) is 6.20 Å². The number of hydrogen-bond donors (Lipinski definition) is 1. The lowest BCUT2D eigenvalue weighted by atomic mass is 10.4. The van der Waals surface area contributed by atoms with Crippen LogP contribution in [0.25, 0.3) is 0 Å². The van der Waals surface area contributed by atoms with Crippen LogP contribution in [-0.4, -0.2) is 9.97 Å². The zero-order valence-corrected chi connectivity index (χ0v) is 6.22. The van der Waals surface area contributed by atoms with Gasteiger partial charge in [-0.3, -0.25) is 0 Å². The number of H-pyrrole nitrogens is 1. The molecule has 0 aromatic carbocycles. The minimum atomic E-state index is 0.764. The summed E-state index contributed by atoms with van der Waals surface area (Å²) in [5.74, 6) is 1.97. The Bertz CT molecular complexity index is 223. The van der Waals surface area contributed by atoms with Gasteiger partial charge in [0.05, 0.1) is 0 Å². The number of imidazole rings is 1. The van der Waals surface area contributed by atoms with Gasteiger partial charge in [-0.15, -0.1) is 0 Å². The Morgan fingerprint density at radius 2 is 2.50 bits per heavy atom. The Labute approximate surface area is 60.7 Å². The topological polar surface area (TPSA) is 28.7 Å². The van der Waals surface area contributed by atoms with E-state index in [0.29, 0.717) is 0 Å². The second kappa shape index (κ2) is 2.11. The van der Waals surface area contributed by atoms with E-state index in [-0.39, 0.29) is 0 Å². The minimum Gasteiger partial charge on any atom is -0.346 e. The van der Waals surface area contributed by atoms with Gasteiger partial charge in [-0.2, -0.15) is 0 Å².